The van der Waals surface area contributed by atoms with E-state index in [0.29, 0.717) is 11.3 Å². The van der Waals surface area contributed by atoms with Crippen molar-refractivity contribution in [2.24, 2.45) is 0 Å². The van der Waals surface area contributed by atoms with Gasteiger partial charge in [-0.2, -0.15) is 0 Å². The minimum Gasteiger partial charge on any atom is -0.256 e. The number of rotatable bonds is 4. The number of pyridine rings is 1. The molecule has 0 saturated heterocycles. The van der Waals surface area contributed by atoms with Crippen LogP contribution in [0, 0.1) is 5.82 Å². The van der Waals surface area contributed by atoms with E-state index in [1.807, 2.05) is 18.2 Å². The van der Waals surface area contributed by atoms with E-state index in [9.17, 15) is 4.39 Å². The molecule has 0 saturated carbocycles. The average Bonchev–Trinajstić information content (AvgIpc) is 3.28. The summed E-state index contributed by atoms with van der Waals surface area (Å²) in [6.45, 7) is 0. The summed E-state index contributed by atoms with van der Waals surface area (Å²) in [4.78, 5) is 4.60. The molecule has 0 atom stereocenters. The van der Waals surface area contributed by atoms with Crippen molar-refractivity contribution in [1.82, 2.24) is 4.98 Å². The van der Waals surface area contributed by atoms with Gasteiger partial charge in [0.15, 0.2) is 0 Å². The standard InChI is InChI=1S/C30H20FNS/c31-23-10-4-7-20(18-23)17-21-15-16-32-27(19-21)25-12-5-13-26-29-24(22-8-2-1-3-9-22)11-6-14-28(29)33-30(25)26/h1-16,18-19H,17H2/i17D2. The van der Waals surface area contributed by atoms with Crippen LogP contribution in [0.2, 0.25) is 0 Å². The SMILES string of the molecule is [2H]C([2H])(c1cccc(F)c1)c1ccnc(-c2cccc3c2sc2cccc(-c4ccccc4)c23)c1. The Morgan fingerprint density at radius 2 is 1.55 bits per heavy atom. The Morgan fingerprint density at radius 3 is 2.42 bits per heavy atom. The summed E-state index contributed by atoms with van der Waals surface area (Å²) in [6.07, 6.45) is -0.225. The zero-order valence-electron chi connectivity index (χ0n) is 19.6. The van der Waals surface area contributed by atoms with Gasteiger partial charge >= 0.3 is 0 Å². The third-order valence-corrected chi connectivity index (χ3v) is 6.96. The Labute approximate surface area is 198 Å². The van der Waals surface area contributed by atoms with Gasteiger partial charge in [-0.1, -0.05) is 72.8 Å². The molecule has 3 heteroatoms. The van der Waals surface area contributed by atoms with Gasteiger partial charge in [-0.25, -0.2) is 4.39 Å². The highest BCUT2D eigenvalue weighted by molar-refractivity contribution is 7.26. The van der Waals surface area contributed by atoms with Gasteiger partial charge in [-0.15, -0.1) is 11.3 Å². The lowest BCUT2D eigenvalue weighted by atomic mass is 9.98. The minimum absolute atomic E-state index is 0.280. The normalized spacial score (nSPS) is 12.6. The summed E-state index contributed by atoms with van der Waals surface area (Å²) in [7, 11) is 0. The summed E-state index contributed by atoms with van der Waals surface area (Å²) < 4.78 is 33.5. The van der Waals surface area contributed by atoms with Crippen LogP contribution in [-0.4, -0.2) is 4.98 Å². The molecule has 0 aliphatic carbocycles. The molecule has 2 aromatic heterocycles. The first-order valence-electron chi connectivity index (χ1n) is 11.7. The van der Waals surface area contributed by atoms with Crippen molar-refractivity contribution >= 4 is 31.5 Å². The predicted octanol–water partition coefficient (Wildman–Crippen LogP) is 8.51. The molecule has 0 aliphatic heterocycles. The van der Waals surface area contributed by atoms with Gasteiger partial charge in [0.1, 0.15) is 5.82 Å². The zero-order chi connectivity index (χ0) is 24.0. The molecule has 0 radical (unpaired) electrons. The predicted molar refractivity (Wildman–Crippen MR) is 137 cm³/mol. The summed E-state index contributed by atoms with van der Waals surface area (Å²) in [5.41, 5.74) is 4.74. The smallest absolute Gasteiger partial charge is 0.123 e. The lowest BCUT2D eigenvalue weighted by molar-refractivity contribution is 0.626. The van der Waals surface area contributed by atoms with Gasteiger partial charge in [0.25, 0.3) is 0 Å². The number of benzene rings is 4. The van der Waals surface area contributed by atoms with E-state index >= 15 is 0 Å². The number of halogens is 1. The molecule has 33 heavy (non-hydrogen) atoms. The van der Waals surface area contributed by atoms with Crippen molar-refractivity contribution in [3.63, 3.8) is 0 Å². The van der Waals surface area contributed by atoms with Crippen LogP contribution < -0.4 is 0 Å². The maximum absolute atomic E-state index is 13.8. The third-order valence-electron chi connectivity index (χ3n) is 5.76. The minimum atomic E-state index is -1.85. The van der Waals surface area contributed by atoms with Crippen LogP contribution in [0.3, 0.4) is 0 Å². The van der Waals surface area contributed by atoms with Crippen molar-refractivity contribution in [2.75, 3.05) is 0 Å². The number of aromatic nitrogens is 1. The van der Waals surface area contributed by atoms with E-state index in [1.54, 1.807) is 35.7 Å². The van der Waals surface area contributed by atoms with E-state index in [1.165, 1.54) is 39.4 Å². The molecule has 0 spiro atoms. The van der Waals surface area contributed by atoms with Gasteiger partial charge in [0.05, 0.1) is 5.69 Å². The average molecular weight is 448 g/mol. The first-order valence-corrected chi connectivity index (χ1v) is 11.6. The van der Waals surface area contributed by atoms with Crippen LogP contribution in [0.4, 0.5) is 4.39 Å². The van der Waals surface area contributed by atoms with E-state index in [4.69, 9.17) is 2.74 Å². The van der Waals surface area contributed by atoms with Crippen molar-refractivity contribution in [3.05, 3.63) is 126 Å². The van der Waals surface area contributed by atoms with Crippen LogP contribution in [0.5, 0.6) is 0 Å². The highest BCUT2D eigenvalue weighted by Crippen LogP contribution is 2.43. The Bertz CT molecular complexity index is 1690. The highest BCUT2D eigenvalue weighted by atomic mass is 32.1. The molecule has 0 fully saturated rings. The van der Waals surface area contributed by atoms with Crippen LogP contribution in [0.25, 0.3) is 42.6 Å². The molecule has 0 bridgehead atoms. The second-order valence-corrected chi connectivity index (χ2v) is 8.95. The number of hydrogen-bond donors (Lipinski definition) is 0. The summed E-state index contributed by atoms with van der Waals surface area (Å²) in [6, 6.07) is 32.1. The Kier molecular flexibility index (Phi) is 4.44. The zero-order valence-corrected chi connectivity index (χ0v) is 18.4. The fraction of sp³-hybridized carbons (Fsp3) is 0.0333. The van der Waals surface area contributed by atoms with Crippen LogP contribution in [0.15, 0.2) is 109 Å². The van der Waals surface area contributed by atoms with E-state index < -0.39 is 12.2 Å². The third kappa shape index (κ3) is 3.71. The fourth-order valence-electron chi connectivity index (χ4n) is 4.30. The van der Waals surface area contributed by atoms with Gasteiger partial charge in [0.2, 0.25) is 0 Å². The van der Waals surface area contributed by atoms with Crippen molar-refractivity contribution in [2.45, 2.75) is 6.37 Å². The Hall–Kier alpha value is -3.82. The van der Waals surface area contributed by atoms with Gasteiger partial charge in [-0.3, -0.25) is 4.98 Å². The monoisotopic (exact) mass is 447 g/mol. The molecule has 0 aliphatic rings. The van der Waals surface area contributed by atoms with Gasteiger partial charge in [-0.05, 0) is 59.0 Å². The van der Waals surface area contributed by atoms with Crippen molar-refractivity contribution < 1.29 is 7.13 Å². The molecule has 4 aromatic carbocycles. The molecule has 0 N–H and O–H groups in total. The first-order chi connectivity index (χ1) is 17.0. The molecule has 0 amide bonds. The second-order valence-electron chi connectivity index (χ2n) is 7.89. The van der Waals surface area contributed by atoms with Crippen LogP contribution >= 0.6 is 11.3 Å². The lowest BCUT2D eigenvalue weighted by Gasteiger charge is -2.07. The highest BCUT2D eigenvalue weighted by Gasteiger charge is 2.15. The molecule has 0 unspecified atom stereocenters. The molecule has 6 rings (SSSR count). The maximum atomic E-state index is 13.8. The van der Waals surface area contributed by atoms with E-state index in [-0.39, 0.29) is 5.56 Å². The topological polar surface area (TPSA) is 12.9 Å². The van der Waals surface area contributed by atoms with E-state index in [0.717, 1.165) is 15.6 Å². The first kappa shape index (κ1) is 17.7. The number of hydrogen-bond acceptors (Lipinski definition) is 2. The molecule has 2 heterocycles. The molecular weight excluding hydrogens is 425 g/mol. The number of thiophene rings is 1. The molecular formula is C30H20FNS. The quantitative estimate of drug-likeness (QED) is 0.264. The molecule has 158 valence electrons. The number of fused-ring (bicyclic) bond motifs is 3. The Morgan fingerprint density at radius 1 is 0.758 bits per heavy atom. The number of nitrogens with zero attached hydrogens (tertiary/aromatic N) is 1. The molecule has 1 nitrogen and oxygen atoms in total. The second kappa shape index (κ2) is 8.27. The van der Waals surface area contributed by atoms with Crippen LogP contribution in [-0.2, 0) is 6.37 Å². The van der Waals surface area contributed by atoms with E-state index in [2.05, 4.69) is 53.5 Å². The van der Waals surface area contributed by atoms with Gasteiger partial charge < -0.3 is 0 Å². The molecule has 6 aromatic rings. The van der Waals surface area contributed by atoms with Gasteiger partial charge in [0, 0.05) is 34.7 Å². The summed E-state index contributed by atoms with van der Waals surface area (Å²) in [5.74, 6) is -0.454. The lowest BCUT2D eigenvalue weighted by Crippen LogP contribution is -1.92. The summed E-state index contributed by atoms with van der Waals surface area (Å²) in [5, 5.41) is 2.37. The largest absolute Gasteiger partial charge is 0.256 e. The fourth-order valence-corrected chi connectivity index (χ4v) is 5.55. The maximum Gasteiger partial charge on any atom is 0.123 e. The Balaban J connectivity index is 1.53. The van der Waals surface area contributed by atoms with Crippen molar-refractivity contribution in [3.8, 4) is 22.4 Å². The summed E-state index contributed by atoms with van der Waals surface area (Å²) >= 11 is 1.72. The van der Waals surface area contributed by atoms with Crippen molar-refractivity contribution in [1.29, 1.82) is 0 Å². The van der Waals surface area contributed by atoms with Crippen LogP contribution in [0.1, 0.15) is 13.9 Å².